The van der Waals surface area contributed by atoms with Gasteiger partial charge in [0.05, 0.1) is 11.1 Å². The zero-order valence-corrected chi connectivity index (χ0v) is 13.6. The van der Waals surface area contributed by atoms with E-state index in [1.54, 1.807) is 0 Å². The molecule has 1 unspecified atom stereocenters. The molecule has 1 N–H and O–H groups in total. The zero-order chi connectivity index (χ0) is 13.1. The fraction of sp³-hybridized carbons (Fsp3) is 0.231. The van der Waals surface area contributed by atoms with Gasteiger partial charge in [0.25, 0.3) is 0 Å². The van der Waals surface area contributed by atoms with Gasteiger partial charge in [-0.2, -0.15) is 0 Å². The van der Waals surface area contributed by atoms with Crippen molar-refractivity contribution in [3.05, 3.63) is 55.8 Å². The molecule has 0 amide bonds. The molecule has 18 heavy (non-hydrogen) atoms. The minimum absolute atomic E-state index is 0.00639. The molecule has 0 radical (unpaired) electrons. The Labute approximate surface area is 128 Å². The van der Waals surface area contributed by atoms with Crippen molar-refractivity contribution < 1.29 is 4.42 Å². The molecule has 0 spiro atoms. The molecule has 0 aliphatic rings. The van der Waals surface area contributed by atoms with Crippen LogP contribution in [0.1, 0.15) is 24.3 Å². The Kier molecular flexibility index (Phi) is 4.90. The van der Waals surface area contributed by atoms with E-state index in [9.17, 15) is 0 Å². The van der Waals surface area contributed by atoms with E-state index in [1.807, 2.05) is 30.3 Å². The Balaban J connectivity index is 2.37. The van der Waals surface area contributed by atoms with Crippen LogP contribution in [0.5, 0.6) is 0 Å². The van der Waals surface area contributed by atoms with Gasteiger partial charge in [-0.05, 0) is 68.2 Å². The molecular weight excluding hydrogens is 381 g/mol. The van der Waals surface area contributed by atoms with E-state index in [0.29, 0.717) is 5.02 Å². The van der Waals surface area contributed by atoms with Gasteiger partial charge in [-0.25, -0.2) is 0 Å². The largest absolute Gasteiger partial charge is 0.452 e. The molecule has 0 saturated carbocycles. The third-order valence-corrected chi connectivity index (χ3v) is 4.22. The maximum atomic E-state index is 6.14. The fourth-order valence-corrected chi connectivity index (χ4v) is 2.52. The van der Waals surface area contributed by atoms with Gasteiger partial charge in [0.15, 0.2) is 4.67 Å². The third kappa shape index (κ3) is 3.18. The van der Waals surface area contributed by atoms with E-state index in [1.165, 1.54) is 0 Å². The van der Waals surface area contributed by atoms with Crippen LogP contribution >= 0.6 is 43.5 Å². The first-order chi connectivity index (χ1) is 8.61. The Hall–Kier alpha value is -0.290. The predicted octanol–water partition coefficient (Wildman–Crippen LogP) is 5.16. The first kappa shape index (κ1) is 14.1. The van der Waals surface area contributed by atoms with Gasteiger partial charge >= 0.3 is 0 Å². The van der Waals surface area contributed by atoms with Gasteiger partial charge in [0.2, 0.25) is 0 Å². The van der Waals surface area contributed by atoms with Crippen LogP contribution in [0.4, 0.5) is 0 Å². The van der Waals surface area contributed by atoms with E-state index in [0.717, 1.165) is 27.0 Å². The average molecular weight is 394 g/mol. The van der Waals surface area contributed by atoms with E-state index in [4.69, 9.17) is 16.0 Å². The molecule has 0 bridgehead atoms. The van der Waals surface area contributed by atoms with Crippen LogP contribution < -0.4 is 5.32 Å². The quantitative estimate of drug-likeness (QED) is 0.776. The molecule has 0 saturated heterocycles. The number of hydrogen-bond donors (Lipinski definition) is 1. The monoisotopic (exact) mass is 391 g/mol. The van der Waals surface area contributed by atoms with Crippen LogP contribution in [0.15, 0.2) is 43.9 Å². The molecule has 0 aliphatic heterocycles. The molecule has 5 heteroatoms. The average Bonchev–Trinajstić information content (AvgIpc) is 2.76. The topological polar surface area (TPSA) is 25.2 Å². The summed E-state index contributed by atoms with van der Waals surface area (Å²) < 4.78 is 7.24. The minimum atomic E-state index is 0.00639. The van der Waals surface area contributed by atoms with Gasteiger partial charge < -0.3 is 9.73 Å². The highest BCUT2D eigenvalue weighted by molar-refractivity contribution is 9.10. The lowest BCUT2D eigenvalue weighted by molar-refractivity contribution is 0.437. The molecule has 0 fully saturated rings. The van der Waals surface area contributed by atoms with E-state index in [-0.39, 0.29) is 6.04 Å². The van der Waals surface area contributed by atoms with Crippen LogP contribution in [-0.2, 0) is 0 Å². The standard InChI is InChI=1S/C13H12Br2ClNO/c1-2-17-13(11-5-6-12(15)18-11)8-3-4-9(14)10(16)7-8/h3-7,13,17H,2H2,1H3. The SMILES string of the molecule is CCNC(c1ccc(Br)c(Cl)c1)c1ccc(Br)o1. The number of nitrogens with one attached hydrogen (secondary N) is 1. The van der Waals surface area contributed by atoms with E-state index >= 15 is 0 Å². The number of rotatable bonds is 4. The van der Waals surface area contributed by atoms with Crippen LogP contribution in [0.2, 0.25) is 5.02 Å². The van der Waals surface area contributed by atoms with Gasteiger partial charge in [0, 0.05) is 4.47 Å². The summed E-state index contributed by atoms with van der Waals surface area (Å²) in [6.45, 7) is 2.90. The molecule has 1 heterocycles. The van der Waals surface area contributed by atoms with Gasteiger partial charge in [-0.3, -0.25) is 0 Å². The smallest absolute Gasteiger partial charge is 0.169 e. The summed E-state index contributed by atoms with van der Waals surface area (Å²) in [7, 11) is 0. The Bertz CT molecular complexity index is 542. The number of furan rings is 1. The maximum Gasteiger partial charge on any atom is 0.169 e. The third-order valence-electron chi connectivity index (χ3n) is 2.56. The first-order valence-electron chi connectivity index (χ1n) is 5.55. The van der Waals surface area contributed by atoms with Crippen LogP contribution in [0.25, 0.3) is 0 Å². The molecule has 2 nitrogen and oxygen atoms in total. The summed E-state index contributed by atoms with van der Waals surface area (Å²) in [5.41, 5.74) is 1.08. The van der Waals surface area contributed by atoms with E-state index in [2.05, 4.69) is 44.1 Å². The van der Waals surface area contributed by atoms with Crippen molar-refractivity contribution in [2.75, 3.05) is 6.54 Å². The second-order valence-corrected chi connectivity index (χ2v) is 5.85. The van der Waals surface area contributed by atoms with Crippen molar-refractivity contribution in [3.8, 4) is 0 Å². The van der Waals surface area contributed by atoms with Gasteiger partial charge in [0.1, 0.15) is 5.76 Å². The van der Waals surface area contributed by atoms with E-state index < -0.39 is 0 Å². The van der Waals surface area contributed by atoms with Crippen LogP contribution in [0, 0.1) is 0 Å². The van der Waals surface area contributed by atoms with Gasteiger partial charge in [-0.1, -0.05) is 24.6 Å². The Morgan fingerprint density at radius 2 is 2.06 bits per heavy atom. The summed E-state index contributed by atoms with van der Waals surface area (Å²) in [5.74, 6) is 0.863. The number of hydrogen-bond acceptors (Lipinski definition) is 2. The fourth-order valence-electron chi connectivity index (χ4n) is 1.76. The number of benzene rings is 1. The summed E-state index contributed by atoms with van der Waals surface area (Å²) in [5, 5.41) is 4.08. The summed E-state index contributed by atoms with van der Waals surface area (Å²) in [6.07, 6.45) is 0. The molecule has 2 rings (SSSR count). The van der Waals surface area contributed by atoms with Crippen molar-refractivity contribution in [1.29, 1.82) is 0 Å². The molecular formula is C13H12Br2ClNO. The molecule has 1 atom stereocenters. The normalized spacial score (nSPS) is 12.7. The van der Waals surface area contributed by atoms with Crippen molar-refractivity contribution in [1.82, 2.24) is 5.32 Å². The van der Waals surface area contributed by atoms with Crippen molar-refractivity contribution in [3.63, 3.8) is 0 Å². The Morgan fingerprint density at radius 3 is 2.61 bits per heavy atom. The molecule has 1 aromatic heterocycles. The molecule has 1 aromatic carbocycles. The van der Waals surface area contributed by atoms with Crippen LogP contribution in [0.3, 0.4) is 0 Å². The zero-order valence-electron chi connectivity index (χ0n) is 9.71. The minimum Gasteiger partial charge on any atom is -0.452 e. The highest BCUT2D eigenvalue weighted by Gasteiger charge is 2.17. The molecule has 96 valence electrons. The lowest BCUT2D eigenvalue weighted by Crippen LogP contribution is -2.21. The molecule has 2 aromatic rings. The number of halogens is 3. The summed E-state index contributed by atoms with van der Waals surface area (Å²) >= 11 is 12.9. The highest BCUT2D eigenvalue weighted by atomic mass is 79.9. The summed E-state index contributed by atoms with van der Waals surface area (Å²) in [6, 6.07) is 9.76. The highest BCUT2D eigenvalue weighted by Crippen LogP contribution is 2.30. The van der Waals surface area contributed by atoms with Crippen molar-refractivity contribution >= 4 is 43.5 Å². The van der Waals surface area contributed by atoms with Gasteiger partial charge in [-0.15, -0.1) is 0 Å². The lowest BCUT2D eigenvalue weighted by Gasteiger charge is -2.16. The van der Waals surface area contributed by atoms with Crippen molar-refractivity contribution in [2.24, 2.45) is 0 Å². The van der Waals surface area contributed by atoms with Crippen LogP contribution in [-0.4, -0.2) is 6.54 Å². The first-order valence-corrected chi connectivity index (χ1v) is 7.51. The Morgan fingerprint density at radius 1 is 1.28 bits per heavy atom. The second kappa shape index (κ2) is 6.24. The van der Waals surface area contributed by atoms with Crippen molar-refractivity contribution in [2.45, 2.75) is 13.0 Å². The second-order valence-electron chi connectivity index (χ2n) is 3.81. The maximum absolute atomic E-state index is 6.14. The predicted molar refractivity (Wildman–Crippen MR) is 81.1 cm³/mol. The lowest BCUT2D eigenvalue weighted by atomic mass is 10.0. The summed E-state index contributed by atoms with van der Waals surface area (Å²) in [4.78, 5) is 0. The molecule has 0 aliphatic carbocycles.